The minimum Gasteiger partial charge on any atom is -0.372 e. The van der Waals surface area contributed by atoms with Crippen molar-refractivity contribution in [1.29, 1.82) is 0 Å². The van der Waals surface area contributed by atoms with Crippen molar-refractivity contribution < 1.29 is 13.2 Å². The molecule has 0 unspecified atom stereocenters. The van der Waals surface area contributed by atoms with Gasteiger partial charge < -0.3 is 4.74 Å². The Balaban J connectivity index is 2.33. The second kappa shape index (κ2) is 5.03. The summed E-state index contributed by atoms with van der Waals surface area (Å²) in [5.74, 6) is 0. The van der Waals surface area contributed by atoms with E-state index in [4.69, 9.17) is 12.6 Å². The Morgan fingerprint density at radius 3 is 2.72 bits per heavy atom. The quantitative estimate of drug-likeness (QED) is 0.559. The van der Waals surface area contributed by atoms with Crippen LogP contribution in [0.1, 0.15) is 12.5 Å². The number of aryl methyl sites for hydroxylation is 1. The lowest BCUT2D eigenvalue weighted by molar-refractivity contribution is 0.359. The molecule has 0 saturated carbocycles. The molecular formula is C12H16BNO3S. The third-order valence-corrected chi connectivity index (χ3v) is 4.94. The predicted molar refractivity (Wildman–Crippen MR) is 70.8 cm³/mol. The van der Waals surface area contributed by atoms with Crippen molar-refractivity contribution in [3.8, 4) is 0 Å². The van der Waals surface area contributed by atoms with E-state index < -0.39 is 10.0 Å². The van der Waals surface area contributed by atoms with E-state index in [0.717, 1.165) is 5.56 Å². The van der Waals surface area contributed by atoms with E-state index >= 15 is 0 Å². The molecule has 96 valence electrons. The van der Waals surface area contributed by atoms with Gasteiger partial charge in [0.2, 0.25) is 10.0 Å². The second-order valence-corrected chi connectivity index (χ2v) is 6.47. The van der Waals surface area contributed by atoms with E-state index in [9.17, 15) is 8.42 Å². The predicted octanol–water partition coefficient (Wildman–Crippen LogP) is 0.0621. The molecule has 0 aromatic heterocycles. The van der Waals surface area contributed by atoms with Crippen molar-refractivity contribution >= 4 is 23.3 Å². The minimum atomic E-state index is -3.46. The van der Waals surface area contributed by atoms with Crippen molar-refractivity contribution in [1.82, 2.24) is 4.31 Å². The van der Waals surface area contributed by atoms with Gasteiger partial charge in [0.25, 0.3) is 0 Å². The highest BCUT2D eigenvalue weighted by molar-refractivity contribution is 7.89. The maximum atomic E-state index is 12.4. The van der Waals surface area contributed by atoms with Crippen LogP contribution in [0.25, 0.3) is 0 Å². The Labute approximate surface area is 109 Å². The molecule has 2 radical (unpaired) electrons. The van der Waals surface area contributed by atoms with Crippen molar-refractivity contribution in [3.05, 3.63) is 23.8 Å². The van der Waals surface area contributed by atoms with E-state index in [-0.39, 0.29) is 6.10 Å². The summed E-state index contributed by atoms with van der Waals surface area (Å²) in [6, 6.07) is 4.91. The SMILES string of the molecule is [B]c1ccc(S(=O)(=O)N(C)C[C@H]2CO2)c(CC)c1. The normalized spacial score (nSPS) is 19.2. The molecule has 2 rings (SSSR count). The van der Waals surface area contributed by atoms with E-state index in [1.807, 2.05) is 6.92 Å². The standard InChI is InChI=1S/C12H16BNO3S/c1-3-9-6-10(13)4-5-12(9)18(15,16)14(2)7-11-8-17-11/h4-6,11H,3,7-8H2,1-2H3/t11-/m0/s1. The molecule has 1 heterocycles. The van der Waals surface area contributed by atoms with Gasteiger partial charge >= 0.3 is 0 Å². The molecule has 0 spiro atoms. The molecule has 1 aromatic carbocycles. The zero-order valence-electron chi connectivity index (χ0n) is 10.6. The molecule has 6 heteroatoms. The molecule has 4 nitrogen and oxygen atoms in total. The number of likely N-dealkylation sites (N-methyl/N-ethyl adjacent to an activating group) is 1. The van der Waals surface area contributed by atoms with Gasteiger partial charge in [-0.05, 0) is 18.1 Å². The first kappa shape index (κ1) is 13.6. The lowest BCUT2D eigenvalue weighted by atomic mass is 9.94. The molecule has 0 amide bonds. The summed E-state index contributed by atoms with van der Waals surface area (Å²) in [6.45, 7) is 2.95. The van der Waals surface area contributed by atoms with Crippen LogP contribution in [0.2, 0.25) is 0 Å². The Bertz CT molecular complexity index is 540. The monoisotopic (exact) mass is 265 g/mol. The summed E-state index contributed by atoms with van der Waals surface area (Å²) in [7, 11) is 3.81. The molecule has 1 atom stereocenters. The van der Waals surface area contributed by atoms with Crippen LogP contribution in [0.15, 0.2) is 23.1 Å². The molecule has 0 aliphatic carbocycles. The molecule has 1 aliphatic heterocycles. The first-order valence-corrected chi connectivity index (χ1v) is 7.35. The van der Waals surface area contributed by atoms with Crippen LogP contribution in [-0.2, 0) is 21.2 Å². The summed E-state index contributed by atoms with van der Waals surface area (Å²) >= 11 is 0. The van der Waals surface area contributed by atoms with E-state index in [2.05, 4.69) is 0 Å². The van der Waals surface area contributed by atoms with E-state index in [1.54, 1.807) is 25.2 Å². The highest BCUT2D eigenvalue weighted by atomic mass is 32.2. The fourth-order valence-corrected chi connectivity index (χ4v) is 3.33. The first-order chi connectivity index (χ1) is 8.45. The first-order valence-electron chi connectivity index (χ1n) is 5.91. The van der Waals surface area contributed by atoms with Gasteiger partial charge in [0.1, 0.15) is 7.85 Å². The number of ether oxygens (including phenoxy) is 1. The topological polar surface area (TPSA) is 49.9 Å². The number of rotatable bonds is 5. The Morgan fingerprint density at radius 1 is 1.50 bits per heavy atom. The number of sulfonamides is 1. The molecular weight excluding hydrogens is 249 g/mol. The molecule has 0 bridgehead atoms. The van der Waals surface area contributed by atoms with Crippen molar-refractivity contribution in [2.75, 3.05) is 20.2 Å². The van der Waals surface area contributed by atoms with Crippen LogP contribution < -0.4 is 5.46 Å². The lowest BCUT2D eigenvalue weighted by Crippen LogP contribution is -2.31. The van der Waals surface area contributed by atoms with Crippen LogP contribution in [0.5, 0.6) is 0 Å². The average molecular weight is 265 g/mol. The van der Waals surface area contributed by atoms with Crippen molar-refractivity contribution in [2.24, 2.45) is 0 Å². The van der Waals surface area contributed by atoms with Gasteiger partial charge in [0.15, 0.2) is 0 Å². The molecule has 1 fully saturated rings. The molecule has 1 aromatic rings. The maximum Gasteiger partial charge on any atom is 0.243 e. The fourth-order valence-electron chi connectivity index (χ4n) is 1.85. The highest BCUT2D eigenvalue weighted by Gasteiger charge is 2.31. The van der Waals surface area contributed by atoms with E-state index in [1.165, 1.54) is 4.31 Å². The van der Waals surface area contributed by atoms with Crippen LogP contribution in [0.4, 0.5) is 0 Å². The van der Waals surface area contributed by atoms with Gasteiger partial charge in [-0.15, -0.1) is 0 Å². The fraction of sp³-hybridized carbons (Fsp3) is 0.500. The lowest BCUT2D eigenvalue weighted by Gasteiger charge is -2.18. The Hall–Kier alpha value is -0.845. The second-order valence-electron chi connectivity index (χ2n) is 4.46. The number of hydrogen-bond donors (Lipinski definition) is 0. The summed E-state index contributed by atoms with van der Waals surface area (Å²) in [6.07, 6.45) is 0.677. The van der Waals surface area contributed by atoms with Gasteiger partial charge in [0, 0.05) is 13.6 Å². The largest absolute Gasteiger partial charge is 0.372 e. The summed E-state index contributed by atoms with van der Waals surface area (Å²) in [5, 5.41) is 0. The van der Waals surface area contributed by atoms with E-state index in [0.29, 0.717) is 29.9 Å². The van der Waals surface area contributed by atoms with Gasteiger partial charge in [-0.25, -0.2) is 8.42 Å². The van der Waals surface area contributed by atoms with Crippen LogP contribution in [0.3, 0.4) is 0 Å². The Kier molecular flexibility index (Phi) is 3.80. The van der Waals surface area contributed by atoms with Gasteiger partial charge in [0.05, 0.1) is 17.6 Å². The van der Waals surface area contributed by atoms with Gasteiger partial charge in [-0.3, -0.25) is 0 Å². The zero-order chi connectivity index (χ0) is 13.3. The molecule has 0 N–H and O–H groups in total. The number of epoxide rings is 1. The third kappa shape index (κ3) is 2.76. The van der Waals surface area contributed by atoms with Crippen LogP contribution in [-0.4, -0.2) is 46.9 Å². The zero-order valence-corrected chi connectivity index (χ0v) is 11.4. The molecule has 18 heavy (non-hydrogen) atoms. The Morgan fingerprint density at radius 2 is 2.17 bits per heavy atom. The molecule has 1 aliphatic rings. The average Bonchev–Trinajstić information content (AvgIpc) is 3.12. The van der Waals surface area contributed by atoms with Crippen molar-refractivity contribution in [3.63, 3.8) is 0 Å². The van der Waals surface area contributed by atoms with Crippen molar-refractivity contribution in [2.45, 2.75) is 24.3 Å². The van der Waals surface area contributed by atoms with Crippen LogP contribution >= 0.6 is 0 Å². The minimum absolute atomic E-state index is 0.0450. The summed E-state index contributed by atoms with van der Waals surface area (Å²) in [4.78, 5) is 0.336. The van der Waals surface area contributed by atoms with Gasteiger partial charge in [-0.1, -0.05) is 24.5 Å². The third-order valence-electron chi connectivity index (χ3n) is 3.02. The number of nitrogens with zero attached hydrogens (tertiary/aromatic N) is 1. The number of hydrogen-bond acceptors (Lipinski definition) is 3. The van der Waals surface area contributed by atoms with Gasteiger partial charge in [-0.2, -0.15) is 4.31 Å². The van der Waals surface area contributed by atoms with Crippen LogP contribution in [0, 0.1) is 0 Å². The maximum absolute atomic E-state index is 12.4. The summed E-state index contributed by atoms with van der Waals surface area (Å²) in [5.41, 5.74) is 1.33. The number of benzene rings is 1. The smallest absolute Gasteiger partial charge is 0.243 e. The summed E-state index contributed by atoms with van der Waals surface area (Å²) < 4.78 is 31.2. The molecule has 1 saturated heterocycles. The highest BCUT2D eigenvalue weighted by Crippen LogP contribution is 2.21.